The van der Waals surface area contributed by atoms with Crippen LogP contribution in [-0.2, 0) is 14.8 Å². The molecule has 0 aliphatic rings. The fraction of sp³-hybridized carbons (Fsp3) is 0.158. The highest BCUT2D eigenvalue weighted by molar-refractivity contribution is 7.92. The molecule has 0 bridgehead atoms. The Morgan fingerprint density at radius 1 is 1.12 bits per heavy atom. The first kappa shape index (κ1) is 17.9. The Balaban J connectivity index is 1.94. The van der Waals surface area contributed by atoms with Crippen LogP contribution in [0.1, 0.15) is 23.0 Å². The number of rotatable bonds is 5. The molecule has 0 fully saturated rings. The Morgan fingerprint density at radius 2 is 1.81 bits per heavy atom. The van der Waals surface area contributed by atoms with E-state index < -0.39 is 16.0 Å². The number of ether oxygens (including phenoxy) is 1. The van der Waals surface area contributed by atoms with Crippen LogP contribution in [0.25, 0.3) is 10.9 Å². The highest BCUT2D eigenvalue weighted by atomic mass is 32.2. The van der Waals surface area contributed by atoms with Crippen molar-refractivity contribution in [1.82, 2.24) is 4.98 Å². The molecular formula is C19H18N2O4S. The fourth-order valence-electron chi connectivity index (χ4n) is 2.58. The number of esters is 1. The van der Waals surface area contributed by atoms with Gasteiger partial charge in [-0.1, -0.05) is 18.2 Å². The number of sulfonamides is 1. The summed E-state index contributed by atoms with van der Waals surface area (Å²) >= 11 is 0. The lowest BCUT2D eigenvalue weighted by Crippen LogP contribution is -2.14. The van der Waals surface area contributed by atoms with E-state index in [9.17, 15) is 13.2 Å². The van der Waals surface area contributed by atoms with Gasteiger partial charge in [0.2, 0.25) is 0 Å². The molecule has 0 aliphatic carbocycles. The predicted molar refractivity (Wildman–Crippen MR) is 99.7 cm³/mol. The van der Waals surface area contributed by atoms with Crippen LogP contribution in [0.3, 0.4) is 0 Å². The van der Waals surface area contributed by atoms with Crippen molar-refractivity contribution in [3.05, 3.63) is 65.9 Å². The van der Waals surface area contributed by atoms with Crippen LogP contribution in [0, 0.1) is 6.92 Å². The number of carbonyl (C=O) groups excluding carboxylic acids is 1. The molecule has 0 radical (unpaired) electrons. The zero-order chi connectivity index (χ0) is 18.7. The molecule has 0 unspecified atom stereocenters. The SMILES string of the molecule is CCOC(=O)c1ccc(S(=O)(=O)Nc2cc(C)nc3ccccc23)cc1. The van der Waals surface area contributed by atoms with E-state index in [0.717, 1.165) is 0 Å². The number of fused-ring (bicyclic) bond motifs is 1. The molecule has 0 aliphatic heterocycles. The molecule has 26 heavy (non-hydrogen) atoms. The summed E-state index contributed by atoms with van der Waals surface area (Å²) < 4.78 is 32.9. The van der Waals surface area contributed by atoms with Crippen LogP contribution in [0.2, 0.25) is 0 Å². The van der Waals surface area contributed by atoms with E-state index in [1.165, 1.54) is 24.3 Å². The van der Waals surface area contributed by atoms with Crippen LogP contribution >= 0.6 is 0 Å². The molecule has 3 aromatic rings. The van der Waals surface area contributed by atoms with Crippen molar-refractivity contribution in [2.75, 3.05) is 11.3 Å². The number of aryl methyl sites for hydroxylation is 1. The topological polar surface area (TPSA) is 85.4 Å². The number of benzene rings is 2. The molecule has 0 saturated heterocycles. The third-order valence-corrected chi connectivity index (χ3v) is 5.15. The van der Waals surface area contributed by atoms with E-state index in [4.69, 9.17) is 4.74 Å². The van der Waals surface area contributed by atoms with Gasteiger partial charge in [0.05, 0.1) is 28.3 Å². The maximum Gasteiger partial charge on any atom is 0.338 e. The second kappa shape index (κ2) is 7.13. The minimum absolute atomic E-state index is 0.0593. The number of anilines is 1. The lowest BCUT2D eigenvalue weighted by molar-refractivity contribution is 0.0526. The number of hydrogen-bond donors (Lipinski definition) is 1. The van der Waals surface area contributed by atoms with Crippen molar-refractivity contribution >= 4 is 32.6 Å². The maximum absolute atomic E-state index is 12.7. The summed E-state index contributed by atoms with van der Waals surface area (Å²) in [4.78, 5) is 16.1. The average molecular weight is 370 g/mol. The lowest BCUT2D eigenvalue weighted by Gasteiger charge is -2.12. The summed E-state index contributed by atoms with van der Waals surface area (Å²) in [5.74, 6) is -0.486. The molecule has 0 amide bonds. The Hall–Kier alpha value is -2.93. The first-order valence-corrected chi connectivity index (χ1v) is 9.55. The predicted octanol–water partition coefficient (Wildman–Crippen LogP) is 3.52. The number of hydrogen-bond acceptors (Lipinski definition) is 5. The van der Waals surface area contributed by atoms with E-state index in [1.54, 1.807) is 19.9 Å². The molecular weight excluding hydrogens is 352 g/mol. The van der Waals surface area contributed by atoms with Crippen molar-refractivity contribution in [2.45, 2.75) is 18.7 Å². The van der Waals surface area contributed by atoms with E-state index in [1.807, 2.05) is 24.3 Å². The van der Waals surface area contributed by atoms with E-state index in [0.29, 0.717) is 27.8 Å². The van der Waals surface area contributed by atoms with Gasteiger partial charge < -0.3 is 4.74 Å². The van der Waals surface area contributed by atoms with E-state index in [-0.39, 0.29) is 11.5 Å². The van der Waals surface area contributed by atoms with Crippen molar-refractivity contribution in [3.8, 4) is 0 Å². The number of para-hydroxylation sites is 1. The summed E-state index contributed by atoms with van der Waals surface area (Å²) in [7, 11) is -3.81. The molecule has 3 rings (SSSR count). The summed E-state index contributed by atoms with van der Waals surface area (Å²) in [5.41, 5.74) is 2.18. The van der Waals surface area contributed by atoms with Gasteiger partial charge in [-0.25, -0.2) is 13.2 Å². The first-order valence-electron chi connectivity index (χ1n) is 8.07. The third kappa shape index (κ3) is 3.67. The molecule has 0 atom stereocenters. The minimum atomic E-state index is -3.81. The van der Waals surface area contributed by atoms with Crippen LogP contribution in [0.5, 0.6) is 0 Å². The van der Waals surface area contributed by atoms with Crippen LogP contribution in [0.4, 0.5) is 5.69 Å². The highest BCUT2D eigenvalue weighted by Gasteiger charge is 2.17. The monoisotopic (exact) mass is 370 g/mol. The van der Waals surface area contributed by atoms with E-state index >= 15 is 0 Å². The number of nitrogens with one attached hydrogen (secondary N) is 1. The Bertz CT molecular complexity index is 1060. The number of pyridine rings is 1. The molecule has 6 nitrogen and oxygen atoms in total. The van der Waals surface area contributed by atoms with Crippen molar-refractivity contribution in [2.24, 2.45) is 0 Å². The smallest absolute Gasteiger partial charge is 0.338 e. The standard InChI is InChI=1S/C19H18N2O4S/c1-3-25-19(22)14-8-10-15(11-9-14)26(23,24)21-18-12-13(2)20-17-7-5-4-6-16(17)18/h4-12H,3H2,1-2H3,(H,20,21). The number of aromatic nitrogens is 1. The minimum Gasteiger partial charge on any atom is -0.462 e. The highest BCUT2D eigenvalue weighted by Crippen LogP contribution is 2.25. The normalized spacial score (nSPS) is 11.3. The Morgan fingerprint density at radius 3 is 2.50 bits per heavy atom. The molecule has 0 spiro atoms. The van der Waals surface area contributed by atoms with Gasteiger partial charge in [-0.3, -0.25) is 9.71 Å². The summed E-state index contributed by atoms with van der Waals surface area (Å²) in [6, 6.07) is 14.6. The van der Waals surface area contributed by atoms with Crippen molar-refractivity contribution in [3.63, 3.8) is 0 Å². The molecule has 7 heteroatoms. The zero-order valence-corrected chi connectivity index (χ0v) is 15.2. The Labute approximate surface area is 151 Å². The molecule has 1 N–H and O–H groups in total. The maximum atomic E-state index is 12.7. The van der Waals surface area contributed by atoms with Gasteiger partial charge in [-0.2, -0.15) is 0 Å². The average Bonchev–Trinajstić information content (AvgIpc) is 2.61. The van der Waals surface area contributed by atoms with Gasteiger partial charge in [0.1, 0.15) is 0 Å². The second-order valence-corrected chi connectivity index (χ2v) is 7.36. The van der Waals surface area contributed by atoms with Crippen LogP contribution in [0.15, 0.2) is 59.5 Å². The quantitative estimate of drug-likeness (QED) is 0.695. The summed E-state index contributed by atoms with van der Waals surface area (Å²) in [5, 5.41) is 0.713. The van der Waals surface area contributed by atoms with Gasteiger partial charge in [0, 0.05) is 11.1 Å². The molecule has 2 aromatic carbocycles. The zero-order valence-electron chi connectivity index (χ0n) is 14.4. The number of nitrogens with zero attached hydrogens (tertiary/aromatic N) is 1. The van der Waals surface area contributed by atoms with E-state index in [2.05, 4.69) is 9.71 Å². The van der Waals surface area contributed by atoms with Gasteiger partial charge in [-0.05, 0) is 50.2 Å². The molecule has 1 heterocycles. The van der Waals surface area contributed by atoms with Crippen LogP contribution < -0.4 is 4.72 Å². The largest absolute Gasteiger partial charge is 0.462 e. The van der Waals surface area contributed by atoms with Gasteiger partial charge >= 0.3 is 5.97 Å². The lowest BCUT2D eigenvalue weighted by atomic mass is 10.2. The van der Waals surface area contributed by atoms with Crippen molar-refractivity contribution < 1.29 is 17.9 Å². The van der Waals surface area contributed by atoms with Crippen molar-refractivity contribution in [1.29, 1.82) is 0 Å². The molecule has 1 aromatic heterocycles. The molecule has 0 saturated carbocycles. The fourth-order valence-corrected chi connectivity index (χ4v) is 3.65. The number of carbonyl (C=O) groups is 1. The molecule has 134 valence electrons. The first-order chi connectivity index (χ1) is 12.4. The third-order valence-electron chi connectivity index (χ3n) is 3.76. The summed E-state index contributed by atoms with van der Waals surface area (Å²) in [6.45, 7) is 3.77. The Kier molecular flexibility index (Phi) is 4.90. The second-order valence-electron chi connectivity index (χ2n) is 5.68. The summed E-state index contributed by atoms with van der Waals surface area (Å²) in [6.07, 6.45) is 0. The van der Waals surface area contributed by atoms with Gasteiger partial charge in [0.25, 0.3) is 10.0 Å². The van der Waals surface area contributed by atoms with Gasteiger partial charge in [-0.15, -0.1) is 0 Å². The van der Waals surface area contributed by atoms with Crippen LogP contribution in [-0.4, -0.2) is 26.0 Å². The van der Waals surface area contributed by atoms with Gasteiger partial charge in [0.15, 0.2) is 0 Å².